The van der Waals surface area contributed by atoms with Crippen LogP contribution >= 0.6 is 11.3 Å². The van der Waals surface area contributed by atoms with Gasteiger partial charge in [-0.3, -0.25) is 14.0 Å². The summed E-state index contributed by atoms with van der Waals surface area (Å²) in [6.07, 6.45) is 2.41. The Bertz CT molecular complexity index is 915. The Hall–Kier alpha value is -2.47. The minimum absolute atomic E-state index is 0.00482. The van der Waals surface area contributed by atoms with Crippen LogP contribution in [0.4, 0.5) is 0 Å². The molecule has 1 atom stereocenters. The molecular formula is C18H18N2O3S. The zero-order valence-electron chi connectivity index (χ0n) is 13.6. The van der Waals surface area contributed by atoms with Crippen LogP contribution in [-0.4, -0.2) is 15.4 Å². The van der Waals surface area contributed by atoms with Gasteiger partial charge in [-0.25, -0.2) is 4.98 Å². The van der Waals surface area contributed by atoms with E-state index in [0.717, 1.165) is 10.4 Å². The molecular weight excluding hydrogens is 324 g/mol. The molecule has 6 heteroatoms. The van der Waals surface area contributed by atoms with Gasteiger partial charge < -0.3 is 4.74 Å². The molecule has 0 aliphatic rings. The molecule has 0 saturated heterocycles. The monoisotopic (exact) mass is 342 g/mol. The van der Waals surface area contributed by atoms with E-state index in [-0.39, 0.29) is 24.1 Å². The summed E-state index contributed by atoms with van der Waals surface area (Å²) >= 11 is 1.43. The summed E-state index contributed by atoms with van der Waals surface area (Å²) in [5.41, 5.74) is 1.24. The lowest BCUT2D eigenvalue weighted by molar-refractivity contribution is -0.147. The third kappa shape index (κ3) is 3.38. The van der Waals surface area contributed by atoms with E-state index in [2.05, 4.69) is 4.98 Å². The van der Waals surface area contributed by atoms with Crippen molar-refractivity contribution in [2.24, 2.45) is 0 Å². The highest BCUT2D eigenvalue weighted by molar-refractivity contribution is 7.16. The Balaban J connectivity index is 1.75. The van der Waals surface area contributed by atoms with E-state index >= 15 is 0 Å². The molecule has 0 amide bonds. The number of carbonyl (C=O) groups is 1. The number of hydrogen-bond donors (Lipinski definition) is 0. The highest BCUT2D eigenvalue weighted by Crippen LogP contribution is 2.21. The number of hydrogen-bond acceptors (Lipinski definition) is 5. The molecule has 0 spiro atoms. The van der Waals surface area contributed by atoms with Gasteiger partial charge in [0.15, 0.2) is 4.96 Å². The molecule has 5 nitrogen and oxygen atoms in total. The molecule has 2 heterocycles. The molecule has 2 aromatic heterocycles. The maximum Gasteiger partial charge on any atom is 0.313 e. The van der Waals surface area contributed by atoms with Crippen LogP contribution in [0.2, 0.25) is 0 Å². The van der Waals surface area contributed by atoms with Crippen molar-refractivity contribution in [3.63, 3.8) is 0 Å². The lowest BCUT2D eigenvalue weighted by Gasteiger charge is -2.14. The Morgan fingerprint density at radius 1 is 1.33 bits per heavy atom. The van der Waals surface area contributed by atoms with E-state index in [0.29, 0.717) is 17.1 Å². The number of carbonyl (C=O) groups excluding carboxylic acids is 1. The number of fused-ring (bicyclic) bond motifs is 1. The first-order valence-corrected chi connectivity index (χ1v) is 8.60. The van der Waals surface area contributed by atoms with Gasteiger partial charge in [0, 0.05) is 17.1 Å². The maximum atomic E-state index is 12.4. The summed E-state index contributed by atoms with van der Waals surface area (Å²) in [6.45, 7) is 3.87. The summed E-state index contributed by atoms with van der Waals surface area (Å²) in [5.74, 6) is -0.604. The molecule has 3 rings (SSSR count). The number of aromatic nitrogens is 2. The zero-order valence-corrected chi connectivity index (χ0v) is 14.4. The molecule has 0 bridgehead atoms. The van der Waals surface area contributed by atoms with Gasteiger partial charge in [0.05, 0.1) is 11.6 Å². The molecule has 24 heavy (non-hydrogen) atoms. The van der Waals surface area contributed by atoms with Crippen molar-refractivity contribution in [2.45, 2.75) is 32.8 Å². The molecule has 124 valence electrons. The highest BCUT2D eigenvalue weighted by atomic mass is 32.1. The van der Waals surface area contributed by atoms with E-state index < -0.39 is 0 Å². The predicted molar refractivity (Wildman–Crippen MR) is 93.3 cm³/mol. The lowest BCUT2D eigenvalue weighted by Crippen LogP contribution is -2.18. The van der Waals surface area contributed by atoms with Crippen molar-refractivity contribution in [2.75, 3.05) is 0 Å². The van der Waals surface area contributed by atoms with Gasteiger partial charge in [-0.1, -0.05) is 37.3 Å². The summed E-state index contributed by atoms with van der Waals surface area (Å²) < 4.78 is 6.91. The normalized spacial score (nSPS) is 12.2. The summed E-state index contributed by atoms with van der Waals surface area (Å²) in [5, 5.41) is 0. The number of thiazole rings is 1. The fourth-order valence-electron chi connectivity index (χ4n) is 2.60. The van der Waals surface area contributed by atoms with Crippen molar-refractivity contribution in [1.29, 1.82) is 0 Å². The molecule has 0 N–H and O–H groups in total. The minimum Gasteiger partial charge on any atom is -0.459 e. The van der Waals surface area contributed by atoms with Crippen LogP contribution in [0.25, 0.3) is 4.96 Å². The lowest BCUT2D eigenvalue weighted by atomic mass is 9.97. The van der Waals surface area contributed by atoms with Gasteiger partial charge >= 0.3 is 5.97 Å². The van der Waals surface area contributed by atoms with Crippen LogP contribution in [0.3, 0.4) is 0 Å². The first-order valence-electron chi connectivity index (χ1n) is 7.78. The number of benzene rings is 1. The third-order valence-electron chi connectivity index (χ3n) is 3.79. The van der Waals surface area contributed by atoms with Gasteiger partial charge in [-0.05, 0) is 18.9 Å². The standard InChI is InChI=1S/C18H18N2O3S/c1-3-15(13-7-5-4-6-8-13)17(22)23-11-14-9-16(21)20-10-12(2)24-18(20)19-14/h4-10,15H,3,11H2,1-2H3/t15-/m0/s1. The van der Waals surface area contributed by atoms with Gasteiger partial charge in [-0.15, -0.1) is 11.3 Å². The maximum absolute atomic E-state index is 12.4. The van der Waals surface area contributed by atoms with Crippen molar-refractivity contribution >= 4 is 22.3 Å². The molecule has 1 aromatic carbocycles. The molecule has 3 aromatic rings. The van der Waals surface area contributed by atoms with Crippen molar-refractivity contribution in [1.82, 2.24) is 9.38 Å². The van der Waals surface area contributed by atoms with Gasteiger partial charge in [0.2, 0.25) is 0 Å². The van der Waals surface area contributed by atoms with Crippen LogP contribution < -0.4 is 5.56 Å². The molecule has 0 radical (unpaired) electrons. The van der Waals surface area contributed by atoms with Crippen LogP contribution in [0.1, 0.15) is 35.4 Å². The number of esters is 1. The summed E-state index contributed by atoms with van der Waals surface area (Å²) in [4.78, 5) is 30.4. The first-order chi connectivity index (χ1) is 11.6. The Kier molecular flexibility index (Phi) is 4.76. The Labute approximate surface area is 143 Å². The Morgan fingerprint density at radius 3 is 2.79 bits per heavy atom. The van der Waals surface area contributed by atoms with Crippen molar-refractivity contribution in [3.8, 4) is 0 Å². The number of nitrogens with zero attached hydrogens (tertiary/aromatic N) is 2. The van der Waals surface area contributed by atoms with Crippen LogP contribution in [0.15, 0.2) is 47.4 Å². The molecule has 0 aliphatic heterocycles. The number of aryl methyl sites for hydroxylation is 1. The zero-order chi connectivity index (χ0) is 17.1. The van der Waals surface area contributed by atoms with E-state index in [1.807, 2.05) is 44.2 Å². The number of rotatable bonds is 5. The summed E-state index contributed by atoms with van der Waals surface area (Å²) in [7, 11) is 0. The fraction of sp³-hybridized carbons (Fsp3) is 0.278. The largest absolute Gasteiger partial charge is 0.459 e. The topological polar surface area (TPSA) is 60.7 Å². The quantitative estimate of drug-likeness (QED) is 0.668. The second-order valence-corrected chi connectivity index (χ2v) is 6.77. The van der Waals surface area contributed by atoms with Gasteiger partial charge in [0.1, 0.15) is 6.61 Å². The molecule has 0 aliphatic carbocycles. The SMILES string of the molecule is CC[C@H](C(=O)OCc1cc(=O)n2cc(C)sc2n1)c1ccccc1. The van der Waals surface area contributed by atoms with Crippen LogP contribution in [0, 0.1) is 6.92 Å². The minimum atomic E-state index is -0.306. The van der Waals surface area contributed by atoms with Crippen LogP contribution in [0.5, 0.6) is 0 Å². The van der Waals surface area contributed by atoms with Crippen molar-refractivity contribution < 1.29 is 9.53 Å². The van der Waals surface area contributed by atoms with E-state index in [1.165, 1.54) is 21.8 Å². The average molecular weight is 342 g/mol. The highest BCUT2D eigenvalue weighted by Gasteiger charge is 2.20. The second kappa shape index (κ2) is 6.97. The number of ether oxygens (including phenoxy) is 1. The first kappa shape index (κ1) is 16.4. The molecule has 0 saturated carbocycles. The van der Waals surface area contributed by atoms with E-state index in [4.69, 9.17) is 4.74 Å². The van der Waals surface area contributed by atoms with Crippen LogP contribution in [-0.2, 0) is 16.1 Å². The third-order valence-corrected chi connectivity index (χ3v) is 4.69. The Morgan fingerprint density at radius 2 is 2.08 bits per heavy atom. The smallest absolute Gasteiger partial charge is 0.313 e. The predicted octanol–water partition coefficient (Wildman–Crippen LogP) is 3.30. The van der Waals surface area contributed by atoms with Gasteiger partial charge in [-0.2, -0.15) is 0 Å². The molecule has 0 fully saturated rings. The molecule has 0 unspecified atom stereocenters. The second-order valence-electron chi connectivity index (χ2n) is 5.56. The van der Waals surface area contributed by atoms with Gasteiger partial charge in [0.25, 0.3) is 5.56 Å². The summed E-state index contributed by atoms with van der Waals surface area (Å²) in [6, 6.07) is 11.0. The van der Waals surface area contributed by atoms with Crippen molar-refractivity contribution in [3.05, 3.63) is 69.1 Å². The average Bonchev–Trinajstić information content (AvgIpc) is 2.95. The van der Waals surface area contributed by atoms with E-state index in [9.17, 15) is 9.59 Å². The fourth-order valence-corrected chi connectivity index (χ4v) is 3.45. The van der Waals surface area contributed by atoms with E-state index in [1.54, 1.807) is 6.20 Å².